The maximum Gasteiger partial charge on any atom is 0.317 e. The molecule has 1 aromatic heterocycles. The minimum atomic E-state index is -3.93. The van der Waals surface area contributed by atoms with Gasteiger partial charge in [0.05, 0.1) is 6.33 Å². The molecule has 1 N–H and O–H groups in total. The molecule has 1 aliphatic heterocycles. The van der Waals surface area contributed by atoms with E-state index in [1.165, 1.54) is 22.5 Å². The van der Waals surface area contributed by atoms with Crippen LogP contribution in [0.4, 0.5) is 9.18 Å². The molecule has 32 heavy (non-hydrogen) atoms. The number of carbonyl (C=O) groups excluding carboxylic acids is 1. The summed E-state index contributed by atoms with van der Waals surface area (Å²) in [6.45, 7) is 1.76. The number of sulfonamides is 1. The Kier molecular flexibility index (Phi) is 6.52. The summed E-state index contributed by atoms with van der Waals surface area (Å²) in [4.78, 5) is 17.8. The van der Waals surface area contributed by atoms with Crippen LogP contribution in [0.1, 0.15) is 11.1 Å². The molecule has 2 heterocycles. The quantitative estimate of drug-likeness (QED) is 0.615. The molecular formula is C22H24FN5O3S. The zero-order valence-corrected chi connectivity index (χ0v) is 18.2. The van der Waals surface area contributed by atoms with Crippen molar-refractivity contribution in [2.45, 2.75) is 18.0 Å². The number of hydrogen-bond acceptors (Lipinski definition) is 4. The standard InChI is InChI=1S/C22H24FN5O3S/c23-20-6-1-2-7-21(20)32(30,31)28-12-10-27(11-13-28)22(29)25-15-18-4-3-5-19(14-18)16-26-9-8-24-17-26/h1-9,14,17H,10-13,15-16H2,(H,25,29). The van der Waals surface area contributed by atoms with Gasteiger partial charge in [-0.25, -0.2) is 22.6 Å². The van der Waals surface area contributed by atoms with E-state index < -0.39 is 15.8 Å². The summed E-state index contributed by atoms with van der Waals surface area (Å²) in [5, 5.41) is 2.89. The van der Waals surface area contributed by atoms with Crippen LogP contribution in [0.2, 0.25) is 0 Å². The summed E-state index contributed by atoms with van der Waals surface area (Å²) >= 11 is 0. The molecule has 0 spiro atoms. The van der Waals surface area contributed by atoms with E-state index in [-0.39, 0.29) is 37.1 Å². The van der Waals surface area contributed by atoms with E-state index in [9.17, 15) is 17.6 Å². The van der Waals surface area contributed by atoms with E-state index in [0.29, 0.717) is 13.1 Å². The SMILES string of the molecule is O=C(NCc1cccc(Cn2ccnc2)c1)N1CCN(S(=O)(=O)c2ccccc2F)CC1. The molecular weight excluding hydrogens is 433 g/mol. The van der Waals surface area contributed by atoms with Gasteiger partial charge in [0.25, 0.3) is 0 Å². The molecule has 0 bridgehead atoms. The van der Waals surface area contributed by atoms with Gasteiger partial charge < -0.3 is 14.8 Å². The molecule has 0 unspecified atom stereocenters. The summed E-state index contributed by atoms with van der Waals surface area (Å²) in [5.74, 6) is -0.775. The van der Waals surface area contributed by atoms with Gasteiger partial charge in [-0.1, -0.05) is 36.4 Å². The van der Waals surface area contributed by atoms with Crippen LogP contribution < -0.4 is 5.32 Å². The summed E-state index contributed by atoms with van der Waals surface area (Å²) in [6.07, 6.45) is 5.37. The van der Waals surface area contributed by atoms with Gasteiger partial charge in [-0.2, -0.15) is 4.31 Å². The lowest BCUT2D eigenvalue weighted by Crippen LogP contribution is -2.53. The Bertz CT molecular complexity index is 1180. The van der Waals surface area contributed by atoms with Gasteiger partial charge in [-0.3, -0.25) is 0 Å². The Morgan fingerprint density at radius 2 is 1.78 bits per heavy atom. The van der Waals surface area contributed by atoms with Crippen molar-refractivity contribution >= 4 is 16.1 Å². The second-order valence-corrected chi connectivity index (χ2v) is 9.44. The number of benzene rings is 2. The third-order valence-corrected chi connectivity index (χ3v) is 7.27. The molecule has 0 aliphatic carbocycles. The van der Waals surface area contributed by atoms with Crippen molar-refractivity contribution in [3.63, 3.8) is 0 Å². The van der Waals surface area contributed by atoms with E-state index >= 15 is 0 Å². The van der Waals surface area contributed by atoms with E-state index in [2.05, 4.69) is 10.3 Å². The highest BCUT2D eigenvalue weighted by atomic mass is 32.2. The first-order valence-corrected chi connectivity index (χ1v) is 11.7. The van der Waals surface area contributed by atoms with Gasteiger partial charge in [0.15, 0.2) is 0 Å². The summed E-state index contributed by atoms with van der Waals surface area (Å²) in [7, 11) is -3.93. The number of amides is 2. The number of nitrogens with one attached hydrogen (secondary N) is 1. The fourth-order valence-corrected chi connectivity index (χ4v) is 5.13. The van der Waals surface area contributed by atoms with Crippen molar-refractivity contribution in [1.29, 1.82) is 0 Å². The highest BCUT2D eigenvalue weighted by molar-refractivity contribution is 7.89. The fourth-order valence-electron chi connectivity index (χ4n) is 3.64. The number of hydrogen-bond donors (Lipinski definition) is 1. The van der Waals surface area contributed by atoms with E-state index in [4.69, 9.17) is 0 Å². The minimum Gasteiger partial charge on any atom is -0.334 e. The van der Waals surface area contributed by atoms with E-state index in [1.54, 1.807) is 17.4 Å². The summed E-state index contributed by atoms with van der Waals surface area (Å²) in [6, 6.07) is 13.0. The Hall–Kier alpha value is -3.24. The largest absolute Gasteiger partial charge is 0.334 e. The molecule has 0 radical (unpaired) electrons. The van der Waals surface area contributed by atoms with Crippen molar-refractivity contribution in [3.8, 4) is 0 Å². The molecule has 4 rings (SSSR count). The number of nitrogens with zero attached hydrogens (tertiary/aromatic N) is 4. The number of aromatic nitrogens is 2. The Morgan fingerprint density at radius 3 is 2.50 bits per heavy atom. The number of halogens is 1. The van der Waals surface area contributed by atoms with Gasteiger partial charge in [-0.15, -0.1) is 0 Å². The second kappa shape index (κ2) is 9.49. The maximum atomic E-state index is 14.0. The highest BCUT2D eigenvalue weighted by Gasteiger charge is 2.31. The molecule has 3 aromatic rings. The van der Waals surface area contributed by atoms with Gasteiger partial charge in [0.1, 0.15) is 10.7 Å². The molecule has 2 amide bonds. The number of carbonyl (C=O) groups is 1. The third-order valence-electron chi connectivity index (χ3n) is 5.34. The third kappa shape index (κ3) is 4.97. The molecule has 1 aliphatic rings. The normalized spacial score (nSPS) is 15.0. The molecule has 2 aromatic carbocycles. The van der Waals surface area contributed by atoms with Crippen LogP contribution in [0.25, 0.3) is 0 Å². The summed E-state index contributed by atoms with van der Waals surface area (Å²) in [5.41, 5.74) is 2.07. The Morgan fingerprint density at radius 1 is 1.03 bits per heavy atom. The van der Waals surface area contributed by atoms with Crippen molar-refractivity contribution in [3.05, 3.63) is 84.2 Å². The van der Waals surface area contributed by atoms with Gasteiger partial charge in [-0.05, 0) is 23.3 Å². The molecule has 168 valence electrons. The average molecular weight is 458 g/mol. The van der Waals surface area contributed by atoms with Crippen LogP contribution in [0.5, 0.6) is 0 Å². The maximum absolute atomic E-state index is 14.0. The zero-order valence-electron chi connectivity index (χ0n) is 17.4. The van der Waals surface area contributed by atoms with Crippen LogP contribution in [-0.4, -0.2) is 59.4 Å². The fraction of sp³-hybridized carbons (Fsp3) is 0.273. The Balaban J connectivity index is 1.30. The number of piperazine rings is 1. The van der Waals surface area contributed by atoms with E-state index in [1.807, 2.05) is 35.0 Å². The molecule has 0 atom stereocenters. The summed E-state index contributed by atoms with van der Waals surface area (Å²) < 4.78 is 42.5. The van der Waals surface area contributed by atoms with Crippen LogP contribution >= 0.6 is 0 Å². The van der Waals surface area contributed by atoms with E-state index in [0.717, 1.165) is 17.2 Å². The molecule has 8 nitrogen and oxygen atoms in total. The number of imidazole rings is 1. The molecule has 10 heteroatoms. The topological polar surface area (TPSA) is 87.5 Å². The smallest absolute Gasteiger partial charge is 0.317 e. The second-order valence-electron chi connectivity index (χ2n) is 7.54. The first-order chi connectivity index (χ1) is 15.4. The lowest BCUT2D eigenvalue weighted by Gasteiger charge is -2.34. The highest BCUT2D eigenvalue weighted by Crippen LogP contribution is 2.20. The van der Waals surface area contributed by atoms with Crippen molar-refractivity contribution in [2.24, 2.45) is 0 Å². The van der Waals surface area contributed by atoms with Crippen LogP contribution in [0.3, 0.4) is 0 Å². The van der Waals surface area contributed by atoms with Gasteiger partial charge in [0.2, 0.25) is 10.0 Å². The van der Waals surface area contributed by atoms with Crippen molar-refractivity contribution < 1.29 is 17.6 Å². The lowest BCUT2D eigenvalue weighted by molar-refractivity contribution is 0.172. The van der Waals surface area contributed by atoms with Crippen molar-refractivity contribution in [2.75, 3.05) is 26.2 Å². The predicted molar refractivity (Wildman–Crippen MR) is 117 cm³/mol. The molecule has 0 saturated carbocycles. The van der Waals surface area contributed by atoms with Crippen molar-refractivity contribution in [1.82, 2.24) is 24.1 Å². The first-order valence-electron chi connectivity index (χ1n) is 10.2. The predicted octanol–water partition coefficient (Wildman–Crippen LogP) is 2.29. The lowest BCUT2D eigenvalue weighted by atomic mass is 10.1. The van der Waals surface area contributed by atoms with Crippen LogP contribution in [-0.2, 0) is 23.1 Å². The first kappa shape index (κ1) is 22.0. The number of urea groups is 1. The molecule has 1 fully saturated rings. The molecule has 1 saturated heterocycles. The van der Waals surface area contributed by atoms with Gasteiger partial charge >= 0.3 is 6.03 Å². The zero-order chi connectivity index (χ0) is 22.6. The Labute approximate surface area is 186 Å². The number of rotatable bonds is 6. The minimum absolute atomic E-state index is 0.116. The monoisotopic (exact) mass is 457 g/mol. The average Bonchev–Trinajstić information content (AvgIpc) is 3.31. The van der Waals surface area contributed by atoms with Crippen LogP contribution in [0, 0.1) is 5.82 Å². The van der Waals surface area contributed by atoms with Crippen LogP contribution in [0.15, 0.2) is 72.1 Å². The van der Waals surface area contributed by atoms with Gasteiger partial charge in [0, 0.05) is 51.7 Å².